The van der Waals surface area contributed by atoms with Crippen molar-refractivity contribution in [2.45, 2.75) is 0 Å². The van der Waals surface area contributed by atoms with Gasteiger partial charge in [-0.05, 0) is 23.8 Å². The molecule has 1 aromatic carbocycles. The fourth-order valence-corrected chi connectivity index (χ4v) is 1.23. The summed E-state index contributed by atoms with van der Waals surface area (Å²) in [6.45, 7) is 3.74. The molecule has 1 amide bonds. The number of halogens is 1. The van der Waals surface area contributed by atoms with E-state index in [2.05, 4.69) is 11.9 Å². The third-order valence-corrected chi connectivity index (χ3v) is 2.11. The van der Waals surface area contributed by atoms with E-state index in [-0.39, 0.29) is 12.5 Å². The van der Waals surface area contributed by atoms with E-state index in [0.29, 0.717) is 5.03 Å². The van der Waals surface area contributed by atoms with Gasteiger partial charge in [0.05, 0.1) is 13.7 Å². The SMILES string of the molecule is C=C(Cl)CNC(=O)/C=C/c1cccc(OC)c1. The Kier molecular flexibility index (Phi) is 5.30. The summed E-state index contributed by atoms with van der Waals surface area (Å²) in [5, 5.41) is 2.99. The number of amides is 1. The maximum atomic E-state index is 11.3. The molecule has 0 fully saturated rings. The molecule has 0 saturated heterocycles. The summed E-state index contributed by atoms with van der Waals surface area (Å²) < 4.78 is 5.08. The number of nitrogens with one attached hydrogen (secondary N) is 1. The van der Waals surface area contributed by atoms with Gasteiger partial charge in [0.2, 0.25) is 5.91 Å². The van der Waals surface area contributed by atoms with Crippen LogP contribution in [0.4, 0.5) is 0 Å². The second-order valence-corrected chi connectivity index (χ2v) is 3.88. The number of ether oxygens (including phenoxy) is 1. The molecule has 0 bridgehead atoms. The van der Waals surface area contributed by atoms with E-state index in [4.69, 9.17) is 16.3 Å². The molecule has 17 heavy (non-hydrogen) atoms. The Morgan fingerprint density at radius 3 is 3.00 bits per heavy atom. The summed E-state index contributed by atoms with van der Waals surface area (Å²) in [6.07, 6.45) is 3.14. The highest BCUT2D eigenvalue weighted by Gasteiger charge is 1.96. The Morgan fingerprint density at radius 2 is 2.35 bits per heavy atom. The number of carbonyl (C=O) groups excluding carboxylic acids is 1. The second-order valence-electron chi connectivity index (χ2n) is 3.35. The van der Waals surface area contributed by atoms with Gasteiger partial charge in [-0.1, -0.05) is 30.3 Å². The Morgan fingerprint density at radius 1 is 1.59 bits per heavy atom. The van der Waals surface area contributed by atoms with E-state index < -0.39 is 0 Å². The lowest BCUT2D eigenvalue weighted by Gasteiger charge is -2.01. The molecule has 90 valence electrons. The first-order chi connectivity index (χ1) is 8.11. The van der Waals surface area contributed by atoms with Crippen LogP contribution in [-0.2, 0) is 4.79 Å². The van der Waals surface area contributed by atoms with Gasteiger partial charge in [0, 0.05) is 11.1 Å². The average molecular weight is 252 g/mol. The van der Waals surface area contributed by atoms with E-state index in [1.807, 2.05) is 24.3 Å². The lowest BCUT2D eigenvalue weighted by Crippen LogP contribution is -2.21. The quantitative estimate of drug-likeness (QED) is 0.817. The molecule has 0 radical (unpaired) electrons. The number of carbonyl (C=O) groups is 1. The van der Waals surface area contributed by atoms with Gasteiger partial charge in [-0.2, -0.15) is 0 Å². The van der Waals surface area contributed by atoms with Crippen molar-refractivity contribution in [1.29, 1.82) is 0 Å². The number of benzene rings is 1. The van der Waals surface area contributed by atoms with Gasteiger partial charge < -0.3 is 10.1 Å². The molecule has 4 heteroatoms. The first kappa shape index (κ1) is 13.3. The third-order valence-electron chi connectivity index (χ3n) is 1.98. The van der Waals surface area contributed by atoms with Crippen LogP contribution < -0.4 is 10.1 Å². The van der Waals surface area contributed by atoms with Gasteiger partial charge in [-0.3, -0.25) is 4.79 Å². The van der Waals surface area contributed by atoms with Gasteiger partial charge in [0.25, 0.3) is 0 Å². The monoisotopic (exact) mass is 251 g/mol. The predicted octanol–water partition coefficient (Wildman–Crippen LogP) is 2.58. The van der Waals surface area contributed by atoms with E-state index in [9.17, 15) is 4.79 Å². The minimum atomic E-state index is -0.213. The summed E-state index contributed by atoms with van der Waals surface area (Å²) in [7, 11) is 1.60. The molecule has 1 aromatic rings. The van der Waals surface area contributed by atoms with Crippen LogP contribution in [0.15, 0.2) is 42.0 Å². The lowest BCUT2D eigenvalue weighted by atomic mass is 10.2. The van der Waals surface area contributed by atoms with Crippen molar-refractivity contribution < 1.29 is 9.53 Å². The first-order valence-corrected chi connectivity index (χ1v) is 5.43. The summed E-state index contributed by atoms with van der Waals surface area (Å²) in [6, 6.07) is 7.42. The van der Waals surface area contributed by atoms with Crippen LogP contribution in [-0.4, -0.2) is 19.6 Å². The molecule has 1 N–H and O–H groups in total. The zero-order chi connectivity index (χ0) is 12.7. The van der Waals surface area contributed by atoms with Crippen LogP contribution in [0.1, 0.15) is 5.56 Å². The van der Waals surface area contributed by atoms with Gasteiger partial charge in [0.1, 0.15) is 5.75 Å². The van der Waals surface area contributed by atoms with Crippen LogP contribution in [0.3, 0.4) is 0 Å². The summed E-state index contributed by atoms with van der Waals surface area (Å²) in [5.41, 5.74) is 0.893. The van der Waals surface area contributed by atoms with Crippen molar-refractivity contribution in [1.82, 2.24) is 5.32 Å². The number of methoxy groups -OCH3 is 1. The fraction of sp³-hybridized carbons (Fsp3) is 0.154. The predicted molar refractivity (Wildman–Crippen MR) is 70.0 cm³/mol. The van der Waals surface area contributed by atoms with Crippen LogP contribution in [0, 0.1) is 0 Å². The second kappa shape index (κ2) is 6.76. The zero-order valence-electron chi connectivity index (χ0n) is 9.57. The van der Waals surface area contributed by atoms with E-state index >= 15 is 0 Å². The van der Waals surface area contributed by atoms with Gasteiger partial charge in [0.15, 0.2) is 0 Å². The molecule has 0 unspecified atom stereocenters. The molecule has 0 aliphatic carbocycles. The molecule has 1 rings (SSSR count). The van der Waals surface area contributed by atoms with Crippen LogP contribution in [0.5, 0.6) is 5.75 Å². The zero-order valence-corrected chi connectivity index (χ0v) is 10.3. The molecule has 0 aliphatic heterocycles. The van der Waals surface area contributed by atoms with E-state index in [1.54, 1.807) is 13.2 Å². The highest BCUT2D eigenvalue weighted by molar-refractivity contribution is 6.29. The third kappa shape index (κ3) is 5.22. The molecule has 3 nitrogen and oxygen atoms in total. The van der Waals surface area contributed by atoms with Crippen molar-refractivity contribution >= 4 is 23.6 Å². The standard InChI is InChI=1S/C13H14ClNO2/c1-10(14)9-15-13(16)7-6-11-4-3-5-12(8-11)17-2/h3-8H,1,9H2,2H3,(H,15,16)/b7-6+. The molecule has 0 aliphatic rings. The van der Waals surface area contributed by atoms with Crippen molar-refractivity contribution in [3.63, 3.8) is 0 Å². The van der Waals surface area contributed by atoms with Crippen molar-refractivity contribution in [2.24, 2.45) is 0 Å². The maximum absolute atomic E-state index is 11.3. The molecule has 0 heterocycles. The highest BCUT2D eigenvalue weighted by Crippen LogP contribution is 2.13. The molecular formula is C13H14ClNO2. The molecular weight excluding hydrogens is 238 g/mol. The molecule has 0 atom stereocenters. The highest BCUT2D eigenvalue weighted by atomic mass is 35.5. The van der Waals surface area contributed by atoms with Gasteiger partial charge in [-0.25, -0.2) is 0 Å². The van der Waals surface area contributed by atoms with E-state index in [0.717, 1.165) is 11.3 Å². The summed E-state index contributed by atoms with van der Waals surface area (Å²) in [5.74, 6) is 0.538. The van der Waals surface area contributed by atoms with Crippen molar-refractivity contribution in [2.75, 3.05) is 13.7 Å². The van der Waals surface area contributed by atoms with Crippen LogP contribution >= 0.6 is 11.6 Å². The lowest BCUT2D eigenvalue weighted by molar-refractivity contribution is -0.116. The largest absolute Gasteiger partial charge is 0.497 e. The Hall–Kier alpha value is -1.74. The maximum Gasteiger partial charge on any atom is 0.244 e. The van der Waals surface area contributed by atoms with E-state index in [1.165, 1.54) is 6.08 Å². The molecule has 0 saturated carbocycles. The first-order valence-electron chi connectivity index (χ1n) is 5.05. The topological polar surface area (TPSA) is 38.3 Å². The fourth-order valence-electron chi connectivity index (χ4n) is 1.16. The smallest absolute Gasteiger partial charge is 0.244 e. The van der Waals surface area contributed by atoms with Gasteiger partial charge in [-0.15, -0.1) is 0 Å². The minimum Gasteiger partial charge on any atom is -0.497 e. The van der Waals surface area contributed by atoms with Crippen molar-refractivity contribution in [3.8, 4) is 5.75 Å². The Balaban J connectivity index is 2.57. The number of rotatable bonds is 5. The summed E-state index contributed by atoms with van der Waals surface area (Å²) >= 11 is 5.53. The van der Waals surface area contributed by atoms with Crippen molar-refractivity contribution in [3.05, 3.63) is 47.5 Å². The number of hydrogen-bond acceptors (Lipinski definition) is 2. The van der Waals surface area contributed by atoms with Crippen LogP contribution in [0.2, 0.25) is 0 Å². The average Bonchev–Trinajstić information content (AvgIpc) is 2.34. The minimum absolute atomic E-state index is 0.213. The molecule has 0 aromatic heterocycles. The normalized spacial score (nSPS) is 10.2. The van der Waals surface area contributed by atoms with Crippen LogP contribution in [0.25, 0.3) is 6.08 Å². The number of hydrogen-bond donors (Lipinski definition) is 1. The Bertz CT molecular complexity index is 441. The van der Waals surface area contributed by atoms with Gasteiger partial charge >= 0.3 is 0 Å². The summed E-state index contributed by atoms with van der Waals surface area (Å²) in [4.78, 5) is 11.3. The Labute approximate surface area is 106 Å². The molecule has 0 spiro atoms.